The van der Waals surface area contributed by atoms with E-state index in [4.69, 9.17) is 5.73 Å². The number of rotatable bonds is 6. The van der Waals surface area contributed by atoms with E-state index in [-0.39, 0.29) is 6.42 Å². The lowest BCUT2D eigenvalue weighted by molar-refractivity contribution is -0.117. The van der Waals surface area contributed by atoms with Gasteiger partial charge in [0.2, 0.25) is 5.91 Å². The Labute approximate surface area is 149 Å². The molecule has 8 nitrogen and oxygen atoms in total. The van der Waals surface area contributed by atoms with E-state index >= 15 is 0 Å². The molecule has 0 aliphatic heterocycles. The van der Waals surface area contributed by atoms with Gasteiger partial charge in [0.05, 0.1) is 6.42 Å². The molecular formula is C18H17N7O. The van der Waals surface area contributed by atoms with Crippen LogP contribution in [0.25, 0.3) is 22.4 Å². The van der Waals surface area contributed by atoms with Crippen LogP contribution in [0.3, 0.4) is 0 Å². The molecule has 2 heterocycles. The number of hydrogen-bond donors (Lipinski definition) is 2. The van der Waals surface area contributed by atoms with Crippen LogP contribution in [0.1, 0.15) is 11.4 Å². The highest BCUT2D eigenvalue weighted by atomic mass is 16.1. The first-order valence-electron chi connectivity index (χ1n) is 8.26. The first-order chi connectivity index (χ1) is 12.7. The fourth-order valence-corrected chi connectivity index (χ4v) is 2.90. The first kappa shape index (κ1) is 15.9. The van der Waals surface area contributed by atoms with Crippen molar-refractivity contribution >= 4 is 16.9 Å². The van der Waals surface area contributed by atoms with Crippen molar-refractivity contribution in [1.29, 1.82) is 0 Å². The fraction of sp³-hybridized carbons (Fsp3) is 0.167. The summed E-state index contributed by atoms with van der Waals surface area (Å²) in [5.74, 6) is 0.592. The minimum atomic E-state index is -0.462. The second-order valence-electron chi connectivity index (χ2n) is 5.95. The van der Waals surface area contributed by atoms with Crippen molar-refractivity contribution in [2.45, 2.75) is 19.4 Å². The molecule has 0 saturated carbocycles. The Morgan fingerprint density at radius 3 is 2.73 bits per heavy atom. The van der Waals surface area contributed by atoms with Gasteiger partial charge in [-0.3, -0.25) is 4.79 Å². The zero-order valence-electron chi connectivity index (χ0n) is 14.0. The topological polar surface area (TPSA) is 115 Å². The molecule has 3 N–H and O–H groups in total. The van der Waals surface area contributed by atoms with Crippen LogP contribution in [0.5, 0.6) is 0 Å². The van der Waals surface area contributed by atoms with Crippen LogP contribution in [0.4, 0.5) is 0 Å². The number of H-pyrrole nitrogens is 1. The summed E-state index contributed by atoms with van der Waals surface area (Å²) in [6.07, 6.45) is 0.794. The minimum absolute atomic E-state index is 0.000128. The number of hydrogen-bond acceptors (Lipinski definition) is 5. The number of nitrogens with one attached hydrogen (secondary N) is 1. The first-order valence-corrected chi connectivity index (χ1v) is 8.26. The monoisotopic (exact) mass is 347 g/mol. The number of nitrogens with two attached hydrogens (primary N) is 1. The number of aromatic amines is 1. The van der Waals surface area contributed by atoms with Gasteiger partial charge in [-0.15, -0.1) is 0 Å². The number of carbonyl (C=O) groups excluding carboxylic acids is 1. The van der Waals surface area contributed by atoms with E-state index in [1.807, 2.05) is 36.4 Å². The molecule has 0 aliphatic carbocycles. The van der Waals surface area contributed by atoms with Crippen LogP contribution >= 0.6 is 0 Å². The van der Waals surface area contributed by atoms with Gasteiger partial charge in [-0.25, -0.2) is 9.67 Å². The van der Waals surface area contributed by atoms with Gasteiger partial charge in [-0.1, -0.05) is 36.4 Å². The van der Waals surface area contributed by atoms with E-state index < -0.39 is 5.91 Å². The van der Waals surface area contributed by atoms with Crippen molar-refractivity contribution in [1.82, 2.24) is 30.2 Å². The molecule has 0 unspecified atom stereocenters. The lowest BCUT2D eigenvalue weighted by atomic mass is 10.1. The zero-order chi connectivity index (χ0) is 17.9. The van der Waals surface area contributed by atoms with Gasteiger partial charge < -0.3 is 5.73 Å². The smallest absolute Gasteiger partial charge is 0.225 e. The van der Waals surface area contributed by atoms with Crippen molar-refractivity contribution in [3.05, 3.63) is 59.9 Å². The van der Waals surface area contributed by atoms with Crippen LogP contribution in [0.2, 0.25) is 0 Å². The molecule has 0 fully saturated rings. The number of benzene rings is 2. The number of fused-ring (bicyclic) bond motifs is 1. The standard InChI is InChI=1S/C18H17N7O/c19-15(26)11-16-20-18(13-7-4-8-14-17(13)22-24-21-14)25(23-16)10-9-12-5-2-1-3-6-12/h1-8H,9-11H2,(H2,19,26)(H,21,22,24). The summed E-state index contributed by atoms with van der Waals surface area (Å²) in [5.41, 5.74) is 8.78. The molecule has 0 radical (unpaired) electrons. The molecule has 0 saturated heterocycles. The van der Waals surface area contributed by atoms with Crippen molar-refractivity contribution in [2.75, 3.05) is 0 Å². The van der Waals surface area contributed by atoms with Crippen molar-refractivity contribution in [2.24, 2.45) is 5.73 Å². The zero-order valence-corrected chi connectivity index (χ0v) is 14.0. The van der Waals surface area contributed by atoms with Crippen LogP contribution in [0.15, 0.2) is 48.5 Å². The lowest BCUT2D eigenvalue weighted by Crippen LogP contribution is -2.15. The highest BCUT2D eigenvalue weighted by Gasteiger charge is 2.17. The number of amides is 1. The highest BCUT2D eigenvalue weighted by molar-refractivity contribution is 5.89. The molecule has 8 heteroatoms. The molecule has 4 rings (SSSR count). The largest absolute Gasteiger partial charge is 0.369 e. The molecule has 2 aromatic heterocycles. The summed E-state index contributed by atoms with van der Waals surface area (Å²) < 4.78 is 1.80. The molecule has 2 aromatic carbocycles. The van der Waals surface area contributed by atoms with Gasteiger partial charge in [0.15, 0.2) is 11.6 Å². The Bertz CT molecular complexity index is 1050. The Balaban J connectivity index is 1.73. The molecule has 0 atom stereocenters. The average molecular weight is 347 g/mol. The third-order valence-corrected chi connectivity index (χ3v) is 4.09. The van der Waals surface area contributed by atoms with Gasteiger partial charge in [0.1, 0.15) is 11.0 Å². The number of nitrogens with zero attached hydrogens (tertiary/aromatic N) is 5. The quantitative estimate of drug-likeness (QED) is 0.548. The van der Waals surface area contributed by atoms with E-state index in [1.165, 1.54) is 5.56 Å². The summed E-state index contributed by atoms with van der Waals surface area (Å²) in [6.45, 7) is 0.624. The van der Waals surface area contributed by atoms with Crippen LogP contribution in [-0.2, 0) is 24.2 Å². The normalized spacial score (nSPS) is 11.1. The maximum Gasteiger partial charge on any atom is 0.225 e. The van der Waals surface area contributed by atoms with Crippen molar-refractivity contribution in [3.63, 3.8) is 0 Å². The van der Waals surface area contributed by atoms with E-state index in [0.717, 1.165) is 17.5 Å². The predicted octanol–water partition coefficient (Wildman–Crippen LogP) is 1.49. The summed E-state index contributed by atoms with van der Waals surface area (Å²) in [4.78, 5) is 15.8. The Morgan fingerprint density at radius 1 is 1.08 bits per heavy atom. The van der Waals surface area contributed by atoms with Gasteiger partial charge >= 0.3 is 0 Å². The van der Waals surface area contributed by atoms with Crippen LogP contribution in [-0.4, -0.2) is 36.1 Å². The lowest BCUT2D eigenvalue weighted by Gasteiger charge is -2.06. The van der Waals surface area contributed by atoms with E-state index in [1.54, 1.807) is 4.68 Å². The van der Waals surface area contributed by atoms with E-state index in [0.29, 0.717) is 23.7 Å². The van der Waals surface area contributed by atoms with Gasteiger partial charge in [-0.05, 0) is 24.1 Å². The molecule has 0 spiro atoms. The molecule has 0 bridgehead atoms. The third kappa shape index (κ3) is 3.16. The molecule has 0 aliphatic rings. The maximum absolute atomic E-state index is 11.3. The second kappa shape index (κ2) is 6.75. The number of carbonyl (C=O) groups is 1. The number of aryl methyl sites for hydroxylation is 2. The number of primary amides is 1. The number of aromatic nitrogens is 6. The Kier molecular flexibility index (Phi) is 4.14. The van der Waals surface area contributed by atoms with Crippen LogP contribution < -0.4 is 5.73 Å². The number of para-hydroxylation sites is 1. The predicted molar refractivity (Wildman–Crippen MR) is 95.9 cm³/mol. The van der Waals surface area contributed by atoms with Gasteiger partial charge in [0.25, 0.3) is 0 Å². The highest BCUT2D eigenvalue weighted by Crippen LogP contribution is 2.25. The minimum Gasteiger partial charge on any atom is -0.369 e. The summed E-state index contributed by atoms with van der Waals surface area (Å²) in [7, 11) is 0. The molecule has 26 heavy (non-hydrogen) atoms. The Morgan fingerprint density at radius 2 is 1.92 bits per heavy atom. The summed E-state index contributed by atoms with van der Waals surface area (Å²) >= 11 is 0. The van der Waals surface area contributed by atoms with Crippen LogP contribution in [0, 0.1) is 0 Å². The third-order valence-electron chi connectivity index (χ3n) is 4.09. The summed E-state index contributed by atoms with van der Waals surface area (Å²) in [5, 5.41) is 15.4. The van der Waals surface area contributed by atoms with E-state index in [2.05, 4.69) is 37.6 Å². The second-order valence-corrected chi connectivity index (χ2v) is 5.95. The maximum atomic E-state index is 11.3. The molecule has 1 amide bonds. The summed E-state index contributed by atoms with van der Waals surface area (Å²) in [6, 6.07) is 15.8. The SMILES string of the molecule is NC(=O)Cc1nc(-c2cccc3n[nH]nc23)n(CCc2ccccc2)n1. The molecule has 130 valence electrons. The fourth-order valence-electron chi connectivity index (χ4n) is 2.90. The molecular weight excluding hydrogens is 330 g/mol. The molecule has 4 aromatic rings. The van der Waals surface area contributed by atoms with Crippen molar-refractivity contribution < 1.29 is 4.79 Å². The van der Waals surface area contributed by atoms with Gasteiger partial charge in [0, 0.05) is 12.1 Å². The van der Waals surface area contributed by atoms with Gasteiger partial charge in [-0.2, -0.15) is 20.5 Å². The average Bonchev–Trinajstić information content (AvgIpc) is 3.27. The van der Waals surface area contributed by atoms with E-state index in [9.17, 15) is 4.79 Å². The Hall–Kier alpha value is -3.55. The van der Waals surface area contributed by atoms with Crippen molar-refractivity contribution in [3.8, 4) is 11.4 Å².